The molecule has 0 heterocycles. The van der Waals surface area contributed by atoms with Crippen molar-refractivity contribution in [3.8, 4) is 0 Å². The summed E-state index contributed by atoms with van der Waals surface area (Å²) >= 11 is 0. The van der Waals surface area contributed by atoms with E-state index < -0.39 is 28.5 Å². The summed E-state index contributed by atoms with van der Waals surface area (Å²) in [6.45, 7) is 9.31. The monoisotopic (exact) mass is 521 g/mol. The van der Waals surface area contributed by atoms with Crippen LogP contribution in [0, 0.1) is 20.8 Å². The van der Waals surface area contributed by atoms with Crippen molar-refractivity contribution in [1.82, 2.24) is 10.2 Å². The number of aryl methyl sites for hydroxylation is 2. The molecule has 3 aromatic rings. The van der Waals surface area contributed by atoms with Gasteiger partial charge in [-0.3, -0.25) is 13.9 Å². The number of carbonyl (C=O) groups is 2. The molecule has 0 aromatic heterocycles. The molecule has 0 bridgehead atoms. The van der Waals surface area contributed by atoms with Gasteiger partial charge in [-0.05, 0) is 69.5 Å². The Labute approximate surface area is 220 Å². The van der Waals surface area contributed by atoms with Gasteiger partial charge < -0.3 is 10.2 Å². The average Bonchev–Trinajstić information content (AvgIpc) is 2.88. The molecule has 8 heteroatoms. The average molecular weight is 522 g/mol. The maximum absolute atomic E-state index is 13.9. The number of anilines is 1. The molecule has 0 unspecified atom stereocenters. The van der Waals surface area contributed by atoms with Gasteiger partial charge in [0.1, 0.15) is 12.6 Å². The first-order valence-corrected chi connectivity index (χ1v) is 13.8. The Morgan fingerprint density at radius 3 is 2.24 bits per heavy atom. The fraction of sp³-hybridized carbons (Fsp3) is 0.310. The SMILES string of the molecule is CCNC(=O)[C@@H](C)N(Cc1cccc(C)c1)C(=O)CN(c1cccc(C)c1C)S(=O)(=O)c1ccccc1. The van der Waals surface area contributed by atoms with Crippen molar-refractivity contribution >= 4 is 27.5 Å². The quantitative estimate of drug-likeness (QED) is 0.430. The second-order valence-electron chi connectivity index (χ2n) is 9.13. The van der Waals surface area contributed by atoms with E-state index in [1.54, 1.807) is 37.3 Å². The lowest BCUT2D eigenvalue weighted by molar-refractivity contribution is -0.139. The van der Waals surface area contributed by atoms with E-state index in [1.165, 1.54) is 17.0 Å². The van der Waals surface area contributed by atoms with Crippen molar-refractivity contribution in [2.24, 2.45) is 0 Å². The maximum atomic E-state index is 13.9. The molecule has 3 rings (SSSR count). The van der Waals surface area contributed by atoms with Crippen LogP contribution in [-0.4, -0.2) is 44.3 Å². The lowest BCUT2D eigenvalue weighted by Crippen LogP contribution is -2.51. The van der Waals surface area contributed by atoms with E-state index in [0.29, 0.717) is 12.2 Å². The summed E-state index contributed by atoms with van der Waals surface area (Å²) in [6, 6.07) is 20.3. The number of hydrogen-bond acceptors (Lipinski definition) is 4. The van der Waals surface area contributed by atoms with Crippen LogP contribution >= 0.6 is 0 Å². The van der Waals surface area contributed by atoms with Crippen molar-refractivity contribution in [3.05, 3.63) is 95.1 Å². The van der Waals surface area contributed by atoms with Crippen LogP contribution in [0.4, 0.5) is 5.69 Å². The van der Waals surface area contributed by atoms with E-state index in [9.17, 15) is 18.0 Å². The number of carbonyl (C=O) groups excluding carboxylic acids is 2. The van der Waals surface area contributed by atoms with Crippen LogP contribution in [0.2, 0.25) is 0 Å². The number of hydrogen-bond donors (Lipinski definition) is 1. The summed E-state index contributed by atoms with van der Waals surface area (Å²) in [4.78, 5) is 28.2. The van der Waals surface area contributed by atoms with E-state index in [2.05, 4.69) is 5.32 Å². The summed E-state index contributed by atoms with van der Waals surface area (Å²) in [5.41, 5.74) is 3.98. The minimum absolute atomic E-state index is 0.0886. The number of likely N-dealkylation sites (N-methyl/N-ethyl adjacent to an activating group) is 1. The highest BCUT2D eigenvalue weighted by Crippen LogP contribution is 2.29. The molecule has 7 nitrogen and oxygen atoms in total. The van der Waals surface area contributed by atoms with Crippen LogP contribution in [0.15, 0.2) is 77.7 Å². The van der Waals surface area contributed by atoms with E-state index in [4.69, 9.17) is 0 Å². The van der Waals surface area contributed by atoms with E-state index in [1.807, 2.05) is 58.0 Å². The number of sulfonamides is 1. The van der Waals surface area contributed by atoms with Gasteiger partial charge in [0.15, 0.2) is 0 Å². The van der Waals surface area contributed by atoms with Gasteiger partial charge in [0.2, 0.25) is 11.8 Å². The van der Waals surface area contributed by atoms with Crippen LogP contribution in [0.3, 0.4) is 0 Å². The fourth-order valence-electron chi connectivity index (χ4n) is 4.15. The van der Waals surface area contributed by atoms with Crippen LogP contribution in [-0.2, 0) is 26.2 Å². The largest absolute Gasteiger partial charge is 0.355 e. The number of rotatable bonds is 10. The minimum Gasteiger partial charge on any atom is -0.355 e. The molecule has 196 valence electrons. The Bertz CT molecular complexity index is 1360. The molecule has 0 spiro atoms. The van der Waals surface area contributed by atoms with E-state index in [-0.39, 0.29) is 17.3 Å². The highest BCUT2D eigenvalue weighted by Gasteiger charge is 2.33. The molecule has 3 aromatic carbocycles. The molecule has 0 aliphatic carbocycles. The maximum Gasteiger partial charge on any atom is 0.264 e. The third-order valence-electron chi connectivity index (χ3n) is 6.41. The molecule has 0 fully saturated rings. The standard InChI is InChI=1S/C29H35N3O4S/c1-6-30-29(34)24(5)31(19-25-14-10-12-21(2)18-25)28(33)20-32(27-17-11-13-22(3)23(27)4)37(35,36)26-15-8-7-9-16-26/h7-18,24H,6,19-20H2,1-5H3,(H,30,34)/t24-/m1/s1. The Hall–Kier alpha value is -3.65. The fourth-order valence-corrected chi connectivity index (χ4v) is 5.64. The molecule has 2 amide bonds. The summed E-state index contributed by atoms with van der Waals surface area (Å²) in [7, 11) is -4.07. The second kappa shape index (κ2) is 12.1. The summed E-state index contributed by atoms with van der Waals surface area (Å²) in [5, 5.41) is 2.77. The topological polar surface area (TPSA) is 86.8 Å². The summed E-state index contributed by atoms with van der Waals surface area (Å²) in [5.74, 6) is -0.770. The Morgan fingerprint density at radius 2 is 1.59 bits per heavy atom. The van der Waals surface area contributed by atoms with Gasteiger partial charge >= 0.3 is 0 Å². The van der Waals surface area contributed by atoms with Gasteiger partial charge in [-0.2, -0.15) is 0 Å². The van der Waals surface area contributed by atoms with Crippen LogP contribution in [0.5, 0.6) is 0 Å². The molecule has 37 heavy (non-hydrogen) atoms. The molecular formula is C29H35N3O4S. The predicted molar refractivity (Wildman–Crippen MR) is 147 cm³/mol. The molecule has 0 aliphatic heterocycles. The molecule has 0 radical (unpaired) electrons. The van der Waals surface area contributed by atoms with Crippen molar-refractivity contribution < 1.29 is 18.0 Å². The highest BCUT2D eigenvalue weighted by atomic mass is 32.2. The van der Waals surface area contributed by atoms with Crippen molar-refractivity contribution in [2.75, 3.05) is 17.4 Å². The first-order valence-electron chi connectivity index (χ1n) is 12.3. The minimum atomic E-state index is -4.07. The third-order valence-corrected chi connectivity index (χ3v) is 8.18. The Morgan fingerprint density at radius 1 is 0.919 bits per heavy atom. The number of nitrogens with zero attached hydrogens (tertiary/aromatic N) is 2. The number of nitrogens with one attached hydrogen (secondary N) is 1. The third kappa shape index (κ3) is 6.57. The van der Waals surface area contributed by atoms with Crippen LogP contribution < -0.4 is 9.62 Å². The molecule has 0 saturated heterocycles. The Balaban J connectivity index is 2.07. The normalized spacial score (nSPS) is 12.0. The van der Waals surface area contributed by atoms with Gasteiger partial charge in [0, 0.05) is 13.1 Å². The number of benzene rings is 3. The zero-order valence-electron chi connectivity index (χ0n) is 22.1. The summed E-state index contributed by atoms with van der Waals surface area (Å²) in [6.07, 6.45) is 0. The smallest absolute Gasteiger partial charge is 0.264 e. The predicted octanol–water partition coefficient (Wildman–Crippen LogP) is 4.36. The van der Waals surface area contributed by atoms with Gasteiger partial charge in [0.05, 0.1) is 10.6 Å². The molecule has 0 saturated carbocycles. The summed E-state index contributed by atoms with van der Waals surface area (Å²) < 4.78 is 28.8. The first-order chi connectivity index (χ1) is 17.6. The van der Waals surface area contributed by atoms with E-state index in [0.717, 1.165) is 26.6 Å². The Kier molecular flexibility index (Phi) is 9.10. The van der Waals surface area contributed by atoms with Gasteiger partial charge in [-0.25, -0.2) is 8.42 Å². The van der Waals surface area contributed by atoms with Crippen molar-refractivity contribution in [3.63, 3.8) is 0 Å². The zero-order chi connectivity index (χ0) is 27.2. The lowest BCUT2D eigenvalue weighted by Gasteiger charge is -2.32. The van der Waals surface area contributed by atoms with E-state index >= 15 is 0 Å². The van der Waals surface area contributed by atoms with Crippen LogP contribution in [0.25, 0.3) is 0 Å². The molecular weight excluding hydrogens is 486 g/mol. The van der Waals surface area contributed by atoms with Crippen molar-refractivity contribution in [2.45, 2.75) is 52.1 Å². The van der Waals surface area contributed by atoms with Crippen LogP contribution in [0.1, 0.15) is 36.1 Å². The molecule has 1 atom stereocenters. The molecule has 0 aliphatic rings. The zero-order valence-corrected chi connectivity index (χ0v) is 22.9. The second-order valence-corrected chi connectivity index (χ2v) is 11.0. The van der Waals surface area contributed by atoms with Crippen molar-refractivity contribution in [1.29, 1.82) is 0 Å². The van der Waals surface area contributed by atoms with Gasteiger partial charge in [-0.1, -0.05) is 60.2 Å². The van der Waals surface area contributed by atoms with Gasteiger partial charge in [0.25, 0.3) is 10.0 Å². The lowest BCUT2D eigenvalue weighted by atomic mass is 10.1. The van der Waals surface area contributed by atoms with Gasteiger partial charge in [-0.15, -0.1) is 0 Å². The molecule has 1 N–H and O–H groups in total. The first kappa shape index (κ1) is 27.9. The number of amides is 2. The highest BCUT2D eigenvalue weighted by molar-refractivity contribution is 7.92.